The van der Waals surface area contributed by atoms with Gasteiger partial charge < -0.3 is 10.1 Å². The first-order valence-electron chi connectivity index (χ1n) is 5.88. The summed E-state index contributed by atoms with van der Waals surface area (Å²) in [6, 6.07) is -0.396. The molecule has 0 bridgehead atoms. The third kappa shape index (κ3) is 4.60. The molecule has 0 aromatic heterocycles. The van der Waals surface area contributed by atoms with Crippen molar-refractivity contribution in [3.05, 3.63) is 0 Å². The molecule has 1 rings (SSSR count). The smallest absolute Gasteiger partial charge is 0.331 e. The summed E-state index contributed by atoms with van der Waals surface area (Å²) in [6.45, 7) is 7.75. The summed E-state index contributed by atoms with van der Waals surface area (Å²) in [5, 5.41) is 4.19. The largest absolute Gasteiger partial charge is 0.458 e. The number of thioether (sulfide) groups is 1. The van der Waals surface area contributed by atoms with E-state index in [1.165, 1.54) is 11.8 Å². The van der Waals surface area contributed by atoms with Gasteiger partial charge in [0.1, 0.15) is 5.60 Å². The van der Waals surface area contributed by atoms with Crippen molar-refractivity contribution in [2.45, 2.75) is 51.3 Å². The molecule has 4 nitrogen and oxygen atoms in total. The molecule has 1 heterocycles. The minimum Gasteiger partial charge on any atom is -0.458 e. The van der Waals surface area contributed by atoms with Crippen molar-refractivity contribution in [3.8, 4) is 0 Å². The lowest BCUT2D eigenvalue weighted by Gasteiger charge is -2.36. The minimum atomic E-state index is -0.461. The van der Waals surface area contributed by atoms with E-state index in [0.29, 0.717) is 6.42 Å². The van der Waals surface area contributed by atoms with Crippen molar-refractivity contribution in [3.63, 3.8) is 0 Å². The van der Waals surface area contributed by atoms with E-state index < -0.39 is 11.6 Å². The van der Waals surface area contributed by atoms with Crippen LogP contribution in [0.15, 0.2) is 4.99 Å². The lowest BCUT2D eigenvalue weighted by Crippen LogP contribution is -2.54. The number of aliphatic imine (C=N–C) groups is 1. The fourth-order valence-electron chi connectivity index (χ4n) is 1.65. The van der Waals surface area contributed by atoms with Crippen LogP contribution in [-0.4, -0.2) is 39.0 Å². The van der Waals surface area contributed by atoms with Gasteiger partial charge in [-0.05, 0) is 34.0 Å². The Kier molecular flexibility index (Phi) is 5.34. The van der Waals surface area contributed by atoms with Crippen LogP contribution in [0.3, 0.4) is 0 Å². The number of halogens is 1. The molecule has 0 radical (unpaired) electrons. The van der Waals surface area contributed by atoms with Crippen molar-refractivity contribution in [2.75, 3.05) is 10.7 Å². The summed E-state index contributed by atoms with van der Waals surface area (Å²) in [6.07, 6.45) is 2.63. The summed E-state index contributed by atoms with van der Waals surface area (Å²) in [4.78, 5) is 16.5. The second-order valence-corrected chi connectivity index (χ2v) is 7.27. The Bertz CT molecular complexity index is 354. The third-order valence-electron chi connectivity index (χ3n) is 2.49. The molecule has 18 heavy (non-hydrogen) atoms. The topological polar surface area (TPSA) is 50.7 Å². The second kappa shape index (κ2) is 5.98. The summed E-state index contributed by atoms with van der Waals surface area (Å²) >= 11 is 3.86. The third-order valence-corrected chi connectivity index (χ3v) is 4.77. The van der Waals surface area contributed by atoms with Crippen LogP contribution in [-0.2, 0) is 9.53 Å². The van der Waals surface area contributed by atoms with E-state index in [1.54, 1.807) is 0 Å². The van der Waals surface area contributed by atoms with E-state index in [9.17, 15) is 4.79 Å². The summed E-state index contributed by atoms with van der Waals surface area (Å²) in [5.74, 6) is -0.230. The molecule has 104 valence electrons. The van der Waals surface area contributed by atoms with Gasteiger partial charge in [0, 0.05) is 16.4 Å². The monoisotopic (exact) mass is 384 g/mol. The molecule has 1 N–H and O–H groups in total. The molecule has 6 heteroatoms. The maximum Gasteiger partial charge on any atom is 0.331 e. The molecule has 0 aromatic rings. The molecule has 0 aromatic carbocycles. The van der Waals surface area contributed by atoms with Crippen molar-refractivity contribution in [2.24, 2.45) is 4.99 Å². The minimum absolute atomic E-state index is 0.0950. The van der Waals surface area contributed by atoms with Crippen LogP contribution in [0.2, 0.25) is 0 Å². The predicted octanol–water partition coefficient (Wildman–Crippen LogP) is 2.60. The summed E-state index contributed by atoms with van der Waals surface area (Å²) in [5.41, 5.74) is -0.556. The number of nitrogens with zero attached hydrogens (tertiary/aromatic N) is 1. The fraction of sp³-hybridized carbons (Fsp3) is 0.833. The fourth-order valence-corrected chi connectivity index (χ4v) is 2.74. The van der Waals surface area contributed by atoms with Crippen molar-refractivity contribution in [1.82, 2.24) is 5.32 Å². The number of esters is 1. The molecule has 0 unspecified atom stereocenters. The summed E-state index contributed by atoms with van der Waals surface area (Å²) in [7, 11) is 0. The normalized spacial score (nSPS) is 28.3. The Morgan fingerprint density at radius 3 is 2.72 bits per heavy atom. The Labute approximate surface area is 127 Å². The van der Waals surface area contributed by atoms with Crippen LogP contribution in [0.1, 0.15) is 34.1 Å². The van der Waals surface area contributed by atoms with Gasteiger partial charge >= 0.3 is 5.97 Å². The van der Waals surface area contributed by atoms with Gasteiger partial charge in [-0.25, -0.2) is 9.79 Å². The standard InChI is InChI=1S/C12H21IN2O2S/c1-11(2,3)17-9(16)8-6-12(4,7-13)15-10(14-8)18-5/h8H,6-7H2,1-5H3,(H,14,15)/t8-,12+/m0/s1. The number of rotatable bonds is 2. The van der Waals surface area contributed by atoms with E-state index >= 15 is 0 Å². The van der Waals surface area contributed by atoms with E-state index in [2.05, 4.69) is 39.8 Å². The average molecular weight is 384 g/mol. The number of hydrogen-bond acceptors (Lipinski definition) is 5. The van der Waals surface area contributed by atoms with E-state index in [0.717, 1.165) is 9.60 Å². The van der Waals surface area contributed by atoms with Crippen molar-refractivity contribution in [1.29, 1.82) is 0 Å². The molecule has 0 saturated carbocycles. The van der Waals surface area contributed by atoms with Crippen LogP contribution in [0, 0.1) is 0 Å². The highest BCUT2D eigenvalue weighted by Gasteiger charge is 2.37. The van der Waals surface area contributed by atoms with Gasteiger partial charge in [-0.2, -0.15) is 0 Å². The van der Waals surface area contributed by atoms with Crippen LogP contribution in [0.4, 0.5) is 0 Å². The average Bonchev–Trinajstić information content (AvgIpc) is 2.26. The number of hydrogen-bond donors (Lipinski definition) is 1. The summed E-state index contributed by atoms with van der Waals surface area (Å²) < 4.78 is 6.34. The molecule has 0 saturated heterocycles. The van der Waals surface area contributed by atoms with Gasteiger partial charge in [-0.1, -0.05) is 34.4 Å². The quantitative estimate of drug-likeness (QED) is 0.452. The molecule has 1 aliphatic heterocycles. The zero-order chi connectivity index (χ0) is 14.0. The first kappa shape index (κ1) is 16.1. The van der Waals surface area contributed by atoms with Gasteiger partial charge in [-0.15, -0.1) is 0 Å². The van der Waals surface area contributed by atoms with E-state index in [4.69, 9.17) is 4.74 Å². The molecule has 2 atom stereocenters. The zero-order valence-corrected chi connectivity index (χ0v) is 14.5. The number of carbonyl (C=O) groups is 1. The Balaban J connectivity index is 2.84. The van der Waals surface area contributed by atoms with E-state index in [1.807, 2.05) is 27.0 Å². The highest BCUT2D eigenvalue weighted by atomic mass is 127. The molecule has 0 aliphatic carbocycles. The number of alkyl halides is 1. The zero-order valence-electron chi connectivity index (χ0n) is 11.5. The molecular weight excluding hydrogens is 363 g/mol. The SMILES string of the molecule is CSC1=N[C@H](C(=O)OC(C)(C)C)C[C@](C)(CI)N1. The van der Waals surface area contributed by atoms with E-state index in [-0.39, 0.29) is 11.5 Å². The highest BCUT2D eigenvalue weighted by Crippen LogP contribution is 2.25. The van der Waals surface area contributed by atoms with Crippen LogP contribution >= 0.6 is 34.4 Å². The maximum atomic E-state index is 12.1. The lowest BCUT2D eigenvalue weighted by molar-refractivity contribution is -0.157. The predicted molar refractivity (Wildman–Crippen MR) is 85.6 cm³/mol. The molecular formula is C12H21IN2O2S. The molecule has 0 fully saturated rings. The lowest BCUT2D eigenvalue weighted by atomic mass is 9.94. The molecule has 0 spiro atoms. The number of nitrogens with one attached hydrogen (secondary N) is 1. The first-order chi connectivity index (χ1) is 8.19. The Morgan fingerprint density at radius 2 is 2.28 bits per heavy atom. The maximum absolute atomic E-state index is 12.1. The number of carbonyl (C=O) groups excluding carboxylic acids is 1. The second-order valence-electron chi connectivity index (χ2n) is 5.71. The van der Waals surface area contributed by atoms with Crippen LogP contribution in [0.5, 0.6) is 0 Å². The number of amidine groups is 1. The van der Waals surface area contributed by atoms with Crippen molar-refractivity contribution >= 4 is 45.5 Å². The van der Waals surface area contributed by atoms with Gasteiger partial charge in [-0.3, -0.25) is 0 Å². The van der Waals surface area contributed by atoms with Crippen LogP contribution in [0.25, 0.3) is 0 Å². The van der Waals surface area contributed by atoms with Gasteiger partial charge in [0.05, 0.1) is 0 Å². The van der Waals surface area contributed by atoms with Crippen LogP contribution < -0.4 is 5.32 Å². The molecule has 1 aliphatic rings. The molecule has 0 amide bonds. The number of ether oxygens (including phenoxy) is 1. The Hall–Kier alpha value is 0.0200. The van der Waals surface area contributed by atoms with Gasteiger partial charge in [0.15, 0.2) is 11.2 Å². The first-order valence-corrected chi connectivity index (χ1v) is 8.63. The van der Waals surface area contributed by atoms with Crippen molar-refractivity contribution < 1.29 is 9.53 Å². The van der Waals surface area contributed by atoms with Gasteiger partial charge in [0.25, 0.3) is 0 Å². The van der Waals surface area contributed by atoms with Gasteiger partial charge in [0.2, 0.25) is 0 Å². The Morgan fingerprint density at radius 1 is 1.67 bits per heavy atom. The highest BCUT2D eigenvalue weighted by molar-refractivity contribution is 14.1.